The lowest BCUT2D eigenvalue weighted by atomic mass is 9.91. The third-order valence-electron chi connectivity index (χ3n) is 11.4. The molecule has 15 heteroatoms. The number of hydrogen-bond acceptors (Lipinski definition) is 10. The average Bonchev–Trinajstić information content (AvgIpc) is 3.98. The number of aliphatic hydroxyl groups excluding tert-OH is 1. The number of ether oxygens (including phenoxy) is 2. The molecule has 3 atom stereocenters. The number of nitrogens with zero attached hydrogens (tertiary/aromatic N) is 4. The molecule has 304 valence electrons. The summed E-state index contributed by atoms with van der Waals surface area (Å²) in [7, 11) is 1.85. The minimum absolute atomic E-state index is 0.0194. The van der Waals surface area contributed by atoms with E-state index in [2.05, 4.69) is 0 Å². The van der Waals surface area contributed by atoms with Crippen LogP contribution in [0.2, 0.25) is 0 Å². The second-order valence-corrected chi connectivity index (χ2v) is 15.1. The first-order valence-electron chi connectivity index (χ1n) is 19.2. The molecule has 4 aromatic carbocycles. The van der Waals surface area contributed by atoms with Crippen molar-refractivity contribution in [2.45, 2.75) is 90.5 Å². The van der Waals surface area contributed by atoms with Gasteiger partial charge in [0.15, 0.2) is 11.2 Å². The normalized spacial score (nSPS) is 18.8. The zero-order chi connectivity index (χ0) is 40.8. The van der Waals surface area contributed by atoms with Crippen LogP contribution < -0.4 is 9.47 Å². The molecule has 2 aliphatic rings. The van der Waals surface area contributed by atoms with E-state index in [0.29, 0.717) is 65.0 Å². The fourth-order valence-corrected chi connectivity index (χ4v) is 8.54. The number of likely N-dealkylation sites (tertiary alicyclic amines) is 1. The van der Waals surface area contributed by atoms with E-state index in [0.717, 1.165) is 35.1 Å². The van der Waals surface area contributed by atoms with Gasteiger partial charge in [-0.15, -0.1) is 0 Å². The smallest absolute Gasteiger partial charge is 0.387 e. The Morgan fingerprint density at radius 2 is 1.34 bits per heavy atom. The maximum atomic E-state index is 13.5. The summed E-state index contributed by atoms with van der Waals surface area (Å²) in [5.41, 5.74) is 7.01. The topological polar surface area (TPSA) is 135 Å². The quantitative estimate of drug-likeness (QED) is 0.108. The number of rotatable bonds is 13. The second kappa shape index (κ2) is 16.0. The molecule has 1 aliphatic heterocycles. The van der Waals surface area contributed by atoms with E-state index in [4.69, 9.17) is 28.3 Å². The molecule has 1 saturated heterocycles. The summed E-state index contributed by atoms with van der Waals surface area (Å²) in [5, 5.41) is 20.1. The first-order chi connectivity index (χ1) is 27.8. The molecule has 2 N–H and O–H groups in total. The summed E-state index contributed by atoms with van der Waals surface area (Å²) >= 11 is 0. The SMILES string of the molecule is Cc1c(-c2nc3cc(CN(C)[C@@H]4CCC[C@@H]4O)c(OC(F)F)cc3o2)cccc1-c1cccc(-c2nc3cc(CN4CCC[C@@H]4C(=O)O)c(OC(F)F)cc3o2)c1C. The van der Waals surface area contributed by atoms with Crippen molar-refractivity contribution in [1.29, 1.82) is 0 Å². The van der Waals surface area contributed by atoms with Gasteiger partial charge in [0.05, 0.1) is 6.10 Å². The van der Waals surface area contributed by atoms with Gasteiger partial charge in [0, 0.05) is 53.5 Å². The average molecular weight is 803 g/mol. The Morgan fingerprint density at radius 1 is 0.810 bits per heavy atom. The third-order valence-corrected chi connectivity index (χ3v) is 11.4. The van der Waals surface area contributed by atoms with Gasteiger partial charge in [-0.25, -0.2) is 9.97 Å². The van der Waals surface area contributed by atoms with Crippen LogP contribution in [0, 0.1) is 13.8 Å². The van der Waals surface area contributed by atoms with Crippen molar-refractivity contribution < 1.29 is 50.9 Å². The molecule has 0 amide bonds. The molecular weight excluding hydrogens is 760 g/mol. The van der Waals surface area contributed by atoms with E-state index >= 15 is 0 Å². The highest BCUT2D eigenvalue weighted by atomic mass is 19.3. The van der Waals surface area contributed by atoms with Gasteiger partial charge >= 0.3 is 19.2 Å². The molecule has 11 nitrogen and oxygen atoms in total. The molecule has 1 aliphatic carbocycles. The number of alkyl halides is 4. The van der Waals surface area contributed by atoms with Crippen LogP contribution >= 0.6 is 0 Å². The number of carboxylic acid groups (broad SMARTS) is 1. The first-order valence-corrected chi connectivity index (χ1v) is 19.2. The fraction of sp³-hybridized carbons (Fsp3) is 0.372. The van der Waals surface area contributed by atoms with E-state index in [1.54, 1.807) is 17.0 Å². The van der Waals surface area contributed by atoms with Crippen molar-refractivity contribution in [2.24, 2.45) is 0 Å². The molecule has 0 unspecified atom stereocenters. The lowest BCUT2D eigenvalue weighted by Gasteiger charge is -2.27. The van der Waals surface area contributed by atoms with Crippen molar-refractivity contribution in [3.8, 4) is 45.5 Å². The predicted molar refractivity (Wildman–Crippen MR) is 207 cm³/mol. The zero-order valence-electron chi connectivity index (χ0n) is 32.1. The van der Waals surface area contributed by atoms with Crippen LogP contribution in [0.1, 0.15) is 54.4 Å². The van der Waals surface area contributed by atoms with E-state index in [-0.39, 0.29) is 47.7 Å². The van der Waals surface area contributed by atoms with Crippen LogP contribution in [0.3, 0.4) is 0 Å². The van der Waals surface area contributed by atoms with Crippen LogP contribution in [-0.4, -0.2) is 81.0 Å². The molecule has 0 bridgehead atoms. The lowest BCUT2D eigenvalue weighted by Crippen LogP contribution is -2.37. The van der Waals surface area contributed by atoms with Gasteiger partial charge in [-0.05, 0) is 106 Å². The molecule has 0 radical (unpaired) electrons. The largest absolute Gasteiger partial charge is 0.480 e. The fourth-order valence-electron chi connectivity index (χ4n) is 8.54. The molecule has 6 aromatic rings. The number of likely N-dealkylation sites (N-methyl/N-ethyl adjacent to an activating group) is 1. The number of benzene rings is 4. The second-order valence-electron chi connectivity index (χ2n) is 15.1. The van der Waals surface area contributed by atoms with E-state index in [9.17, 15) is 32.6 Å². The summed E-state index contributed by atoms with van der Waals surface area (Å²) in [6.07, 6.45) is 3.05. The van der Waals surface area contributed by atoms with Gasteiger partial charge in [0.25, 0.3) is 0 Å². The molecule has 0 spiro atoms. The Kier molecular flexibility index (Phi) is 10.9. The van der Waals surface area contributed by atoms with Gasteiger partial charge in [-0.1, -0.05) is 24.3 Å². The Labute approximate surface area is 330 Å². The molecule has 8 rings (SSSR count). The number of hydrogen-bond donors (Lipinski definition) is 2. The maximum absolute atomic E-state index is 13.5. The summed E-state index contributed by atoms with van der Waals surface area (Å²) in [5.74, 6) is -0.534. The Balaban J connectivity index is 1.12. The molecule has 3 heterocycles. The Hall–Kier alpha value is -5.51. The number of fused-ring (bicyclic) bond motifs is 2. The van der Waals surface area contributed by atoms with E-state index in [1.807, 2.05) is 62.2 Å². The Morgan fingerprint density at radius 3 is 1.86 bits per heavy atom. The van der Waals surface area contributed by atoms with Gasteiger partial charge in [-0.3, -0.25) is 14.6 Å². The molecular formula is C43H42F4N4O7. The third kappa shape index (κ3) is 7.73. The first kappa shape index (κ1) is 39.3. The number of aliphatic hydroxyl groups is 1. The molecule has 58 heavy (non-hydrogen) atoms. The van der Waals surface area contributed by atoms with Gasteiger partial charge in [-0.2, -0.15) is 17.6 Å². The van der Waals surface area contributed by atoms with Crippen molar-refractivity contribution in [3.63, 3.8) is 0 Å². The van der Waals surface area contributed by atoms with E-state index < -0.39 is 31.3 Å². The van der Waals surface area contributed by atoms with Crippen LogP contribution in [0.5, 0.6) is 11.5 Å². The highest BCUT2D eigenvalue weighted by Crippen LogP contribution is 2.40. The summed E-state index contributed by atoms with van der Waals surface area (Å²) < 4.78 is 76.3. The van der Waals surface area contributed by atoms with Crippen molar-refractivity contribution in [1.82, 2.24) is 19.8 Å². The summed E-state index contributed by atoms with van der Waals surface area (Å²) in [6.45, 7) is -1.41. The zero-order valence-corrected chi connectivity index (χ0v) is 32.1. The predicted octanol–water partition coefficient (Wildman–Crippen LogP) is 9.18. The molecule has 2 aromatic heterocycles. The monoisotopic (exact) mass is 802 g/mol. The minimum atomic E-state index is -3.10. The molecule has 1 saturated carbocycles. The standard InChI is InChI=1S/C43H42F4N4O7/c1-22-26(8-4-10-28(22)39-48-30-16-24(20-50(3)32-12-6-14-34(32)52)35(57-42(44)45)18-37(30)55-39)27-9-5-11-29(23(27)2)40-49-31-17-25(21-51-15-7-13-33(51)41(53)54)36(58-43(46)47)19-38(31)56-40/h4-5,8-11,16-19,32-34,42-43,52H,6-7,12-15,20-21H2,1-3H3,(H,53,54)/t32-,33-,34+/m1/s1. The highest BCUT2D eigenvalue weighted by molar-refractivity contribution is 5.85. The highest BCUT2D eigenvalue weighted by Gasteiger charge is 2.32. The van der Waals surface area contributed by atoms with Gasteiger partial charge < -0.3 is 28.5 Å². The van der Waals surface area contributed by atoms with Crippen molar-refractivity contribution >= 4 is 28.2 Å². The minimum Gasteiger partial charge on any atom is -0.480 e. The number of aliphatic carboxylic acids is 1. The van der Waals surface area contributed by atoms with Crippen LogP contribution in [0.4, 0.5) is 17.6 Å². The summed E-state index contributed by atoms with van der Waals surface area (Å²) in [6, 6.07) is 16.7. The number of aromatic nitrogens is 2. The van der Waals surface area contributed by atoms with Gasteiger partial charge in [0.1, 0.15) is 28.6 Å². The maximum Gasteiger partial charge on any atom is 0.387 e. The number of carboxylic acids is 1. The van der Waals surface area contributed by atoms with Crippen molar-refractivity contribution in [2.75, 3.05) is 13.6 Å². The number of oxazole rings is 2. The number of carbonyl (C=O) groups is 1. The number of halogens is 4. The molecule has 2 fully saturated rings. The Bertz CT molecular complexity index is 2490. The van der Waals surface area contributed by atoms with Crippen LogP contribution in [0.25, 0.3) is 56.2 Å². The van der Waals surface area contributed by atoms with Crippen molar-refractivity contribution in [3.05, 3.63) is 82.9 Å². The summed E-state index contributed by atoms with van der Waals surface area (Å²) in [4.78, 5) is 25.0. The van der Waals surface area contributed by atoms with E-state index in [1.165, 1.54) is 12.1 Å². The van der Waals surface area contributed by atoms with Crippen LogP contribution in [-0.2, 0) is 17.9 Å². The lowest BCUT2D eigenvalue weighted by molar-refractivity contribution is -0.142. The van der Waals surface area contributed by atoms with Crippen LogP contribution in [0.15, 0.2) is 69.5 Å². The van der Waals surface area contributed by atoms with Gasteiger partial charge in [0.2, 0.25) is 11.8 Å².